The summed E-state index contributed by atoms with van der Waals surface area (Å²) in [5, 5.41) is 15.4. The van der Waals surface area contributed by atoms with Gasteiger partial charge in [0.2, 0.25) is 0 Å². The number of piperidine rings is 1. The average molecular weight is 353 g/mol. The number of carbonyl (C=O) groups is 1. The third-order valence-corrected chi connectivity index (χ3v) is 4.73. The van der Waals surface area contributed by atoms with Crippen molar-refractivity contribution in [1.29, 1.82) is 0 Å². The monoisotopic (exact) mass is 353 g/mol. The minimum Gasteiger partial charge on any atom is -0.394 e. The van der Waals surface area contributed by atoms with E-state index in [0.717, 1.165) is 30.0 Å². The highest BCUT2D eigenvalue weighted by atomic mass is 16.3. The van der Waals surface area contributed by atoms with Gasteiger partial charge in [0.1, 0.15) is 0 Å². The largest absolute Gasteiger partial charge is 0.394 e. The topological polar surface area (TPSA) is 64.6 Å². The third kappa shape index (κ3) is 4.99. The van der Waals surface area contributed by atoms with Gasteiger partial charge in [-0.3, -0.25) is 0 Å². The zero-order valence-corrected chi connectivity index (χ0v) is 15.0. The van der Waals surface area contributed by atoms with Gasteiger partial charge in [-0.05, 0) is 43.4 Å². The second kappa shape index (κ2) is 9.25. The van der Waals surface area contributed by atoms with Gasteiger partial charge in [0.05, 0.1) is 24.0 Å². The first-order valence-electron chi connectivity index (χ1n) is 9.32. The van der Waals surface area contributed by atoms with E-state index in [0.29, 0.717) is 6.42 Å². The molecule has 3 rings (SSSR count). The minimum atomic E-state index is -0.320. The molecule has 5 nitrogen and oxygen atoms in total. The van der Waals surface area contributed by atoms with Crippen molar-refractivity contribution < 1.29 is 9.90 Å². The van der Waals surface area contributed by atoms with E-state index in [1.165, 1.54) is 19.3 Å². The van der Waals surface area contributed by atoms with Gasteiger partial charge in [-0.15, -0.1) is 0 Å². The van der Waals surface area contributed by atoms with E-state index in [2.05, 4.69) is 21.6 Å². The first kappa shape index (κ1) is 18.3. The minimum absolute atomic E-state index is 0.101. The lowest BCUT2D eigenvalue weighted by Crippen LogP contribution is -2.42. The van der Waals surface area contributed by atoms with Crippen LogP contribution in [0.3, 0.4) is 0 Å². The van der Waals surface area contributed by atoms with Crippen molar-refractivity contribution >= 4 is 17.4 Å². The maximum Gasteiger partial charge on any atom is 0.319 e. The number of hydrogen-bond acceptors (Lipinski definition) is 3. The Hall–Kier alpha value is -2.53. The van der Waals surface area contributed by atoms with Crippen molar-refractivity contribution in [1.82, 2.24) is 5.32 Å². The van der Waals surface area contributed by atoms with Crippen molar-refractivity contribution in [3.05, 3.63) is 60.2 Å². The van der Waals surface area contributed by atoms with Gasteiger partial charge in [0.25, 0.3) is 0 Å². The lowest BCUT2D eigenvalue weighted by molar-refractivity contribution is 0.224. The Morgan fingerprint density at radius 1 is 1.00 bits per heavy atom. The van der Waals surface area contributed by atoms with E-state index >= 15 is 0 Å². The van der Waals surface area contributed by atoms with Crippen LogP contribution in [0.4, 0.5) is 16.2 Å². The standard InChI is InChI=1S/C21H27N3O2/c25-16-18(15-17-9-3-1-4-10-17)22-21(26)23-19-11-5-6-12-20(19)24-13-7-2-8-14-24/h1,3-6,9-12,18,25H,2,7-8,13-16H2,(H2,22,23,26). The molecule has 0 radical (unpaired) electrons. The maximum absolute atomic E-state index is 12.5. The van der Waals surface area contributed by atoms with Crippen LogP contribution < -0.4 is 15.5 Å². The van der Waals surface area contributed by atoms with E-state index in [1.54, 1.807) is 0 Å². The number of para-hydroxylation sites is 2. The molecule has 2 aromatic rings. The SMILES string of the molecule is O=C(Nc1ccccc1N1CCCCC1)NC(CO)Cc1ccccc1. The highest BCUT2D eigenvalue weighted by molar-refractivity contribution is 5.93. The predicted octanol–water partition coefficient (Wildman–Crippen LogP) is 3.40. The lowest BCUT2D eigenvalue weighted by atomic mass is 10.1. The maximum atomic E-state index is 12.5. The molecular weight excluding hydrogens is 326 g/mol. The number of nitrogens with one attached hydrogen (secondary N) is 2. The molecule has 1 heterocycles. The molecule has 0 aliphatic carbocycles. The normalized spacial score (nSPS) is 15.3. The molecule has 2 amide bonds. The lowest BCUT2D eigenvalue weighted by Gasteiger charge is -2.30. The summed E-state index contributed by atoms with van der Waals surface area (Å²) in [7, 11) is 0. The Morgan fingerprint density at radius 3 is 2.42 bits per heavy atom. The molecule has 1 atom stereocenters. The fraction of sp³-hybridized carbons (Fsp3) is 0.381. The molecule has 5 heteroatoms. The van der Waals surface area contributed by atoms with Crippen molar-refractivity contribution in [3.8, 4) is 0 Å². The molecule has 0 saturated carbocycles. The van der Waals surface area contributed by atoms with E-state index in [4.69, 9.17) is 0 Å². The molecule has 1 aliphatic heterocycles. The quantitative estimate of drug-likeness (QED) is 0.746. The Bertz CT molecular complexity index is 699. The number of aliphatic hydroxyl groups excluding tert-OH is 1. The van der Waals surface area contributed by atoms with Crippen LogP contribution in [-0.2, 0) is 6.42 Å². The summed E-state index contributed by atoms with van der Waals surface area (Å²) in [5.74, 6) is 0. The molecule has 26 heavy (non-hydrogen) atoms. The molecule has 2 aromatic carbocycles. The second-order valence-electron chi connectivity index (χ2n) is 6.73. The van der Waals surface area contributed by atoms with Crippen LogP contribution >= 0.6 is 0 Å². The van der Waals surface area contributed by atoms with Crippen LogP contribution in [0.15, 0.2) is 54.6 Å². The molecule has 0 spiro atoms. The zero-order chi connectivity index (χ0) is 18.2. The average Bonchev–Trinajstić information content (AvgIpc) is 2.69. The van der Waals surface area contributed by atoms with Gasteiger partial charge in [-0.25, -0.2) is 4.79 Å². The molecule has 0 aromatic heterocycles. The molecule has 3 N–H and O–H groups in total. The first-order chi connectivity index (χ1) is 12.8. The van der Waals surface area contributed by atoms with Gasteiger partial charge in [0, 0.05) is 13.1 Å². The number of aliphatic hydroxyl groups is 1. The molecular formula is C21H27N3O2. The number of anilines is 2. The van der Waals surface area contributed by atoms with Crippen molar-refractivity contribution in [2.45, 2.75) is 31.7 Å². The first-order valence-corrected chi connectivity index (χ1v) is 9.32. The van der Waals surface area contributed by atoms with Crippen LogP contribution in [0.5, 0.6) is 0 Å². The van der Waals surface area contributed by atoms with Gasteiger partial charge in [-0.2, -0.15) is 0 Å². The van der Waals surface area contributed by atoms with Crippen LogP contribution in [0.1, 0.15) is 24.8 Å². The summed E-state index contributed by atoms with van der Waals surface area (Å²) in [4.78, 5) is 14.8. The Labute approximate surface area is 155 Å². The number of carbonyl (C=O) groups excluding carboxylic acids is 1. The molecule has 1 aliphatic rings. The van der Waals surface area contributed by atoms with Crippen LogP contribution in [0, 0.1) is 0 Å². The number of hydrogen-bond donors (Lipinski definition) is 3. The Morgan fingerprint density at radius 2 is 1.69 bits per heavy atom. The van der Waals surface area contributed by atoms with Crippen molar-refractivity contribution in [3.63, 3.8) is 0 Å². The van der Waals surface area contributed by atoms with Crippen molar-refractivity contribution in [2.24, 2.45) is 0 Å². The van der Waals surface area contributed by atoms with Crippen molar-refractivity contribution in [2.75, 3.05) is 29.9 Å². The van der Waals surface area contributed by atoms with Gasteiger partial charge in [-0.1, -0.05) is 42.5 Å². The Balaban J connectivity index is 1.62. The molecule has 1 unspecified atom stereocenters. The molecule has 1 saturated heterocycles. The number of amides is 2. The summed E-state index contributed by atoms with van der Waals surface area (Å²) >= 11 is 0. The molecule has 0 bridgehead atoms. The number of benzene rings is 2. The summed E-state index contributed by atoms with van der Waals surface area (Å²) in [5.41, 5.74) is 2.95. The van der Waals surface area contributed by atoms with Gasteiger partial charge < -0.3 is 20.6 Å². The van der Waals surface area contributed by atoms with Gasteiger partial charge in [0.15, 0.2) is 0 Å². The fourth-order valence-corrected chi connectivity index (χ4v) is 3.39. The van der Waals surface area contributed by atoms with E-state index in [-0.39, 0.29) is 18.7 Å². The van der Waals surface area contributed by atoms with Gasteiger partial charge >= 0.3 is 6.03 Å². The summed E-state index contributed by atoms with van der Waals surface area (Å²) in [6.45, 7) is 1.94. The number of nitrogens with zero attached hydrogens (tertiary/aromatic N) is 1. The van der Waals surface area contributed by atoms with E-state index < -0.39 is 0 Å². The van der Waals surface area contributed by atoms with E-state index in [1.807, 2.05) is 48.5 Å². The predicted molar refractivity (Wildman–Crippen MR) is 106 cm³/mol. The number of rotatable bonds is 6. The zero-order valence-electron chi connectivity index (χ0n) is 15.0. The molecule has 1 fully saturated rings. The highest BCUT2D eigenvalue weighted by Gasteiger charge is 2.17. The van der Waals surface area contributed by atoms with Crippen LogP contribution in [-0.4, -0.2) is 36.9 Å². The second-order valence-corrected chi connectivity index (χ2v) is 6.73. The van der Waals surface area contributed by atoms with Crippen LogP contribution in [0.2, 0.25) is 0 Å². The number of urea groups is 1. The van der Waals surface area contributed by atoms with E-state index in [9.17, 15) is 9.90 Å². The van der Waals surface area contributed by atoms with Crippen LogP contribution in [0.25, 0.3) is 0 Å². The molecule has 138 valence electrons. The summed E-state index contributed by atoms with van der Waals surface area (Å²) < 4.78 is 0. The Kier molecular flexibility index (Phi) is 6.50. The highest BCUT2D eigenvalue weighted by Crippen LogP contribution is 2.28. The smallest absolute Gasteiger partial charge is 0.319 e. The fourth-order valence-electron chi connectivity index (χ4n) is 3.39. The third-order valence-electron chi connectivity index (χ3n) is 4.73. The summed E-state index contributed by atoms with van der Waals surface area (Å²) in [6, 6.07) is 17.1. The summed E-state index contributed by atoms with van der Waals surface area (Å²) in [6.07, 6.45) is 4.23.